The predicted octanol–water partition coefficient (Wildman–Crippen LogP) is 13.9. The van der Waals surface area contributed by atoms with Gasteiger partial charge in [0.2, 0.25) is 0 Å². The van der Waals surface area contributed by atoms with Crippen molar-refractivity contribution in [3.63, 3.8) is 0 Å². The molecule has 10 rings (SSSR count). The van der Waals surface area contributed by atoms with Crippen LogP contribution in [0.15, 0.2) is 206 Å². The Kier molecular flexibility index (Phi) is 7.85. The maximum Gasteiger partial charge on any atom is 0.160 e. The van der Waals surface area contributed by atoms with Gasteiger partial charge in [-0.15, -0.1) is 0 Å². The predicted molar refractivity (Wildman–Crippen MR) is 227 cm³/mol. The normalized spacial score (nSPS) is 11.3. The van der Waals surface area contributed by atoms with Crippen LogP contribution < -0.4 is 0 Å². The van der Waals surface area contributed by atoms with E-state index in [1.807, 2.05) is 0 Å². The summed E-state index contributed by atoms with van der Waals surface area (Å²) in [6, 6.07) is 73.5. The standard InChI is InChI=1S/C52H34N2/c1-2-11-35(12-3-1)41-16-8-18-43(31-41)45-20-10-21-46(33-45)44-19-9-17-42(32-44)37-23-26-39(27-24-37)52-53-49-30-29-38-14-6-7-22-48(38)50(49)51(54-52)47-28-25-36-13-4-5-15-40(36)34-47/h1-34H. The average Bonchev–Trinajstić information content (AvgIpc) is 3.26. The molecule has 0 fully saturated rings. The van der Waals surface area contributed by atoms with Crippen molar-refractivity contribution < 1.29 is 0 Å². The molecule has 0 aliphatic carbocycles. The maximum absolute atomic E-state index is 5.30. The molecule has 2 nitrogen and oxygen atoms in total. The lowest BCUT2D eigenvalue weighted by molar-refractivity contribution is 1.23. The lowest BCUT2D eigenvalue weighted by Crippen LogP contribution is -1.96. The van der Waals surface area contributed by atoms with Gasteiger partial charge >= 0.3 is 0 Å². The molecule has 0 bridgehead atoms. The topological polar surface area (TPSA) is 25.8 Å². The van der Waals surface area contributed by atoms with Crippen molar-refractivity contribution in [3.8, 4) is 67.2 Å². The second-order valence-electron chi connectivity index (χ2n) is 13.8. The Hall–Kier alpha value is -7.16. The smallest absolute Gasteiger partial charge is 0.160 e. The number of hydrogen-bond acceptors (Lipinski definition) is 2. The van der Waals surface area contributed by atoms with E-state index < -0.39 is 0 Å². The van der Waals surface area contributed by atoms with Crippen LogP contribution in [-0.2, 0) is 0 Å². The molecule has 0 saturated heterocycles. The Bertz CT molecular complexity index is 2980. The van der Waals surface area contributed by atoms with Crippen LogP contribution in [0.5, 0.6) is 0 Å². The summed E-state index contributed by atoms with van der Waals surface area (Å²) >= 11 is 0. The van der Waals surface area contributed by atoms with E-state index in [4.69, 9.17) is 9.97 Å². The highest BCUT2D eigenvalue weighted by molar-refractivity contribution is 6.13. The van der Waals surface area contributed by atoms with Crippen molar-refractivity contribution in [1.82, 2.24) is 9.97 Å². The molecule has 0 amide bonds. The van der Waals surface area contributed by atoms with Gasteiger partial charge in [0.15, 0.2) is 5.82 Å². The number of benzene rings is 9. The first-order chi connectivity index (χ1) is 26.7. The third kappa shape index (κ3) is 5.90. The lowest BCUT2D eigenvalue weighted by atomic mass is 9.94. The van der Waals surface area contributed by atoms with Crippen LogP contribution in [0.4, 0.5) is 0 Å². The van der Waals surface area contributed by atoms with Crippen molar-refractivity contribution in [3.05, 3.63) is 206 Å². The molecule has 9 aromatic carbocycles. The van der Waals surface area contributed by atoms with Crippen LogP contribution in [0.1, 0.15) is 0 Å². The monoisotopic (exact) mass is 686 g/mol. The van der Waals surface area contributed by atoms with Gasteiger partial charge in [-0.3, -0.25) is 0 Å². The summed E-state index contributed by atoms with van der Waals surface area (Å²) in [5, 5.41) is 5.82. The van der Waals surface area contributed by atoms with Crippen LogP contribution in [0.25, 0.3) is 99.6 Å². The van der Waals surface area contributed by atoms with Crippen molar-refractivity contribution in [2.75, 3.05) is 0 Å². The van der Waals surface area contributed by atoms with Crippen molar-refractivity contribution in [2.45, 2.75) is 0 Å². The largest absolute Gasteiger partial charge is 0.228 e. The van der Waals surface area contributed by atoms with E-state index in [1.54, 1.807) is 0 Å². The van der Waals surface area contributed by atoms with Gasteiger partial charge in [0, 0.05) is 16.5 Å². The fourth-order valence-corrected chi connectivity index (χ4v) is 7.65. The van der Waals surface area contributed by atoms with Gasteiger partial charge in [0.05, 0.1) is 11.2 Å². The molecular formula is C52H34N2. The minimum absolute atomic E-state index is 0.717. The number of nitrogens with zero attached hydrogens (tertiary/aromatic N) is 2. The highest BCUT2D eigenvalue weighted by atomic mass is 14.9. The summed E-state index contributed by atoms with van der Waals surface area (Å²) < 4.78 is 0. The van der Waals surface area contributed by atoms with Gasteiger partial charge in [-0.2, -0.15) is 0 Å². The van der Waals surface area contributed by atoms with Crippen molar-refractivity contribution >= 4 is 32.4 Å². The van der Waals surface area contributed by atoms with E-state index in [9.17, 15) is 0 Å². The molecule has 10 aromatic rings. The van der Waals surface area contributed by atoms with Gasteiger partial charge in [-0.1, -0.05) is 176 Å². The molecule has 0 radical (unpaired) electrons. The lowest BCUT2D eigenvalue weighted by Gasteiger charge is -2.13. The van der Waals surface area contributed by atoms with Gasteiger partial charge in [0.25, 0.3) is 0 Å². The first-order valence-corrected chi connectivity index (χ1v) is 18.4. The highest BCUT2D eigenvalue weighted by Crippen LogP contribution is 2.37. The summed E-state index contributed by atoms with van der Waals surface area (Å²) in [6.07, 6.45) is 0. The highest BCUT2D eigenvalue weighted by Gasteiger charge is 2.15. The molecule has 2 heteroatoms. The average molecular weight is 687 g/mol. The summed E-state index contributed by atoms with van der Waals surface area (Å²) in [6.45, 7) is 0. The number of aromatic nitrogens is 2. The number of hydrogen-bond donors (Lipinski definition) is 0. The van der Waals surface area contributed by atoms with Gasteiger partial charge in [-0.25, -0.2) is 9.97 Å². The molecule has 0 N–H and O–H groups in total. The SMILES string of the molecule is c1ccc(-c2cccc(-c3cccc(-c4cccc(-c5ccc(-c6nc(-c7ccc8ccccc8c7)c7c(ccc8ccccc87)n6)cc5)c4)c3)c2)cc1. The molecule has 1 heterocycles. The molecule has 0 aliphatic rings. The number of fused-ring (bicyclic) bond motifs is 4. The van der Waals surface area contributed by atoms with Crippen LogP contribution >= 0.6 is 0 Å². The summed E-state index contributed by atoms with van der Waals surface area (Å²) in [4.78, 5) is 10.4. The first kappa shape index (κ1) is 31.6. The van der Waals surface area contributed by atoms with E-state index in [0.717, 1.165) is 44.5 Å². The van der Waals surface area contributed by atoms with E-state index in [-0.39, 0.29) is 0 Å². The molecule has 0 spiro atoms. The quantitative estimate of drug-likeness (QED) is 0.163. The molecule has 1 aromatic heterocycles. The van der Waals surface area contributed by atoms with Crippen molar-refractivity contribution in [2.24, 2.45) is 0 Å². The first-order valence-electron chi connectivity index (χ1n) is 18.4. The zero-order valence-corrected chi connectivity index (χ0v) is 29.5. The molecule has 0 atom stereocenters. The summed E-state index contributed by atoms with van der Waals surface area (Å²) in [5.41, 5.74) is 13.5. The van der Waals surface area contributed by atoms with Crippen LogP contribution in [0.3, 0.4) is 0 Å². The Labute approximate surface area is 314 Å². The van der Waals surface area contributed by atoms with E-state index in [0.29, 0.717) is 0 Å². The second-order valence-corrected chi connectivity index (χ2v) is 13.8. The Morgan fingerprint density at radius 1 is 0.259 bits per heavy atom. The second kappa shape index (κ2) is 13.4. The van der Waals surface area contributed by atoms with E-state index in [1.165, 1.54) is 55.1 Å². The molecule has 0 unspecified atom stereocenters. The Morgan fingerprint density at radius 2 is 0.722 bits per heavy atom. The van der Waals surface area contributed by atoms with Gasteiger partial charge in [0.1, 0.15) is 0 Å². The van der Waals surface area contributed by atoms with E-state index >= 15 is 0 Å². The van der Waals surface area contributed by atoms with Crippen LogP contribution in [0, 0.1) is 0 Å². The van der Waals surface area contributed by atoms with Crippen LogP contribution in [0.2, 0.25) is 0 Å². The van der Waals surface area contributed by atoms with Gasteiger partial charge in [-0.05, 0) is 96.4 Å². The minimum atomic E-state index is 0.717. The minimum Gasteiger partial charge on any atom is -0.228 e. The van der Waals surface area contributed by atoms with Gasteiger partial charge < -0.3 is 0 Å². The Morgan fingerprint density at radius 3 is 1.37 bits per heavy atom. The Balaban J connectivity index is 0.997. The zero-order chi connectivity index (χ0) is 35.8. The summed E-state index contributed by atoms with van der Waals surface area (Å²) in [5.74, 6) is 0.717. The van der Waals surface area contributed by atoms with E-state index in [2.05, 4.69) is 206 Å². The molecule has 0 saturated carbocycles. The number of rotatable bonds is 6. The summed E-state index contributed by atoms with van der Waals surface area (Å²) in [7, 11) is 0. The molecule has 0 aliphatic heterocycles. The fraction of sp³-hybridized carbons (Fsp3) is 0. The third-order valence-corrected chi connectivity index (χ3v) is 10.4. The molecular weight excluding hydrogens is 653 g/mol. The molecule has 54 heavy (non-hydrogen) atoms. The zero-order valence-electron chi connectivity index (χ0n) is 29.5. The maximum atomic E-state index is 5.30. The third-order valence-electron chi connectivity index (χ3n) is 10.4. The van der Waals surface area contributed by atoms with Crippen LogP contribution in [-0.4, -0.2) is 9.97 Å². The fourth-order valence-electron chi connectivity index (χ4n) is 7.65. The van der Waals surface area contributed by atoms with Crippen molar-refractivity contribution in [1.29, 1.82) is 0 Å². The molecule has 252 valence electrons.